The van der Waals surface area contributed by atoms with E-state index in [-0.39, 0.29) is 0 Å². The molecule has 3 heteroatoms. The van der Waals surface area contributed by atoms with Gasteiger partial charge in [-0.05, 0) is 42.6 Å². The predicted molar refractivity (Wildman–Crippen MR) is 79.2 cm³/mol. The van der Waals surface area contributed by atoms with E-state index < -0.39 is 0 Å². The van der Waals surface area contributed by atoms with Crippen molar-refractivity contribution in [2.24, 2.45) is 5.92 Å². The van der Waals surface area contributed by atoms with Crippen LogP contribution in [0.5, 0.6) is 0 Å². The van der Waals surface area contributed by atoms with E-state index in [0.29, 0.717) is 0 Å². The lowest BCUT2D eigenvalue weighted by Gasteiger charge is -2.08. The Morgan fingerprint density at radius 2 is 1.89 bits per heavy atom. The van der Waals surface area contributed by atoms with Crippen molar-refractivity contribution in [3.05, 3.63) is 53.9 Å². The summed E-state index contributed by atoms with van der Waals surface area (Å²) >= 11 is 0. The van der Waals surface area contributed by atoms with Crippen LogP contribution in [-0.2, 0) is 13.0 Å². The molecule has 102 valence electrons. The molecule has 0 aliphatic carbocycles. The normalized spacial score (nSPS) is 11.1. The molecule has 3 nitrogen and oxygen atoms in total. The molecule has 0 saturated heterocycles. The van der Waals surface area contributed by atoms with Crippen LogP contribution in [0.15, 0.2) is 42.7 Å². The Morgan fingerprint density at radius 3 is 2.53 bits per heavy atom. The van der Waals surface area contributed by atoms with Crippen molar-refractivity contribution >= 4 is 0 Å². The van der Waals surface area contributed by atoms with Crippen LogP contribution in [0.25, 0.3) is 0 Å². The second-order valence-electron chi connectivity index (χ2n) is 5.37. The van der Waals surface area contributed by atoms with Gasteiger partial charge in [0.15, 0.2) is 0 Å². The van der Waals surface area contributed by atoms with Crippen molar-refractivity contribution in [2.75, 3.05) is 13.1 Å². The summed E-state index contributed by atoms with van der Waals surface area (Å²) in [7, 11) is 0. The molecule has 0 spiro atoms. The molecule has 2 rings (SSSR count). The SMILES string of the molecule is CC(C)CNCCc1ccc(Cn2cccn2)cc1. The van der Waals surface area contributed by atoms with E-state index in [9.17, 15) is 0 Å². The van der Waals surface area contributed by atoms with Crippen molar-refractivity contribution < 1.29 is 0 Å². The van der Waals surface area contributed by atoms with Gasteiger partial charge in [0.1, 0.15) is 0 Å². The number of aromatic nitrogens is 2. The van der Waals surface area contributed by atoms with Crippen LogP contribution in [0.4, 0.5) is 0 Å². The minimum atomic E-state index is 0.719. The van der Waals surface area contributed by atoms with E-state index in [1.165, 1.54) is 11.1 Å². The van der Waals surface area contributed by atoms with Crippen LogP contribution < -0.4 is 5.32 Å². The molecule has 1 heterocycles. The Balaban J connectivity index is 1.78. The molecule has 1 aromatic heterocycles. The van der Waals surface area contributed by atoms with E-state index in [1.807, 2.05) is 23.1 Å². The highest BCUT2D eigenvalue weighted by Crippen LogP contribution is 2.06. The van der Waals surface area contributed by atoms with Crippen LogP contribution in [0, 0.1) is 5.92 Å². The molecule has 0 amide bonds. The second kappa shape index (κ2) is 7.10. The van der Waals surface area contributed by atoms with Crippen molar-refractivity contribution in [2.45, 2.75) is 26.8 Å². The minimum absolute atomic E-state index is 0.719. The summed E-state index contributed by atoms with van der Waals surface area (Å²) in [6, 6.07) is 10.8. The molecular formula is C16H23N3. The first-order valence-corrected chi connectivity index (χ1v) is 7.00. The summed E-state index contributed by atoms with van der Waals surface area (Å²) < 4.78 is 1.94. The van der Waals surface area contributed by atoms with Crippen molar-refractivity contribution in [3.63, 3.8) is 0 Å². The highest BCUT2D eigenvalue weighted by molar-refractivity contribution is 5.23. The Kier molecular flexibility index (Phi) is 5.16. The zero-order valence-electron chi connectivity index (χ0n) is 11.8. The lowest BCUT2D eigenvalue weighted by molar-refractivity contribution is 0.554. The van der Waals surface area contributed by atoms with E-state index in [4.69, 9.17) is 0 Å². The fourth-order valence-corrected chi connectivity index (χ4v) is 2.02. The summed E-state index contributed by atoms with van der Waals surface area (Å²) in [6.07, 6.45) is 4.90. The lowest BCUT2D eigenvalue weighted by Crippen LogP contribution is -2.22. The monoisotopic (exact) mass is 257 g/mol. The Hall–Kier alpha value is -1.61. The molecule has 19 heavy (non-hydrogen) atoms. The number of rotatable bonds is 7. The number of benzene rings is 1. The molecule has 0 saturated carbocycles. The van der Waals surface area contributed by atoms with Crippen molar-refractivity contribution in [1.29, 1.82) is 0 Å². The fourth-order valence-electron chi connectivity index (χ4n) is 2.02. The van der Waals surface area contributed by atoms with Crippen LogP contribution in [0.2, 0.25) is 0 Å². The third-order valence-electron chi connectivity index (χ3n) is 3.07. The molecule has 0 aliphatic rings. The van der Waals surface area contributed by atoms with Crippen LogP contribution in [0.3, 0.4) is 0 Å². The third kappa shape index (κ3) is 4.87. The molecule has 0 radical (unpaired) electrons. The summed E-state index contributed by atoms with van der Waals surface area (Å²) in [6.45, 7) is 7.46. The number of hydrogen-bond donors (Lipinski definition) is 1. The Morgan fingerprint density at radius 1 is 1.16 bits per heavy atom. The van der Waals surface area contributed by atoms with Crippen LogP contribution >= 0.6 is 0 Å². The van der Waals surface area contributed by atoms with E-state index >= 15 is 0 Å². The maximum atomic E-state index is 4.22. The van der Waals surface area contributed by atoms with Gasteiger partial charge in [-0.1, -0.05) is 38.1 Å². The summed E-state index contributed by atoms with van der Waals surface area (Å²) in [5, 5.41) is 7.69. The number of nitrogens with zero attached hydrogens (tertiary/aromatic N) is 2. The maximum Gasteiger partial charge on any atom is 0.0659 e. The second-order valence-corrected chi connectivity index (χ2v) is 5.37. The first-order valence-electron chi connectivity index (χ1n) is 7.00. The van der Waals surface area contributed by atoms with Gasteiger partial charge >= 0.3 is 0 Å². The van der Waals surface area contributed by atoms with Gasteiger partial charge in [-0.15, -0.1) is 0 Å². The topological polar surface area (TPSA) is 29.9 Å². The lowest BCUT2D eigenvalue weighted by atomic mass is 10.1. The average molecular weight is 257 g/mol. The largest absolute Gasteiger partial charge is 0.316 e. The Labute approximate surface area is 115 Å². The molecule has 1 aromatic carbocycles. The Bertz CT molecular complexity index is 457. The van der Waals surface area contributed by atoms with Gasteiger partial charge in [-0.2, -0.15) is 5.10 Å². The third-order valence-corrected chi connectivity index (χ3v) is 3.07. The smallest absolute Gasteiger partial charge is 0.0659 e. The van der Waals surface area contributed by atoms with Crippen molar-refractivity contribution in [3.8, 4) is 0 Å². The first kappa shape index (κ1) is 13.8. The predicted octanol–water partition coefficient (Wildman–Crippen LogP) is 2.72. The zero-order chi connectivity index (χ0) is 13.5. The molecule has 0 unspecified atom stereocenters. The fraction of sp³-hybridized carbons (Fsp3) is 0.438. The quantitative estimate of drug-likeness (QED) is 0.773. The number of nitrogens with one attached hydrogen (secondary N) is 1. The highest BCUT2D eigenvalue weighted by atomic mass is 15.3. The van der Waals surface area contributed by atoms with Gasteiger partial charge in [0.2, 0.25) is 0 Å². The van der Waals surface area contributed by atoms with Gasteiger partial charge in [-0.3, -0.25) is 4.68 Å². The summed E-state index contributed by atoms with van der Waals surface area (Å²) in [5.74, 6) is 0.719. The number of hydrogen-bond acceptors (Lipinski definition) is 2. The zero-order valence-corrected chi connectivity index (χ0v) is 11.8. The van der Waals surface area contributed by atoms with Gasteiger partial charge in [0.05, 0.1) is 6.54 Å². The highest BCUT2D eigenvalue weighted by Gasteiger charge is 1.98. The molecule has 0 fully saturated rings. The van der Waals surface area contributed by atoms with E-state index in [2.05, 4.69) is 48.5 Å². The summed E-state index contributed by atoms with van der Waals surface area (Å²) in [4.78, 5) is 0. The standard InChI is InChI=1S/C16H23N3/c1-14(2)12-17-10-8-15-4-6-16(7-5-15)13-19-11-3-9-18-19/h3-7,9,11,14,17H,8,10,12-13H2,1-2H3. The first-order chi connectivity index (χ1) is 9.24. The van der Waals surface area contributed by atoms with Gasteiger partial charge < -0.3 is 5.32 Å². The molecule has 2 aromatic rings. The molecule has 1 N–H and O–H groups in total. The van der Waals surface area contributed by atoms with Crippen LogP contribution in [0.1, 0.15) is 25.0 Å². The van der Waals surface area contributed by atoms with E-state index in [0.717, 1.165) is 32.0 Å². The van der Waals surface area contributed by atoms with Gasteiger partial charge in [0.25, 0.3) is 0 Å². The maximum absolute atomic E-state index is 4.22. The van der Waals surface area contributed by atoms with Crippen LogP contribution in [-0.4, -0.2) is 22.9 Å². The molecular weight excluding hydrogens is 234 g/mol. The van der Waals surface area contributed by atoms with Gasteiger partial charge in [0, 0.05) is 12.4 Å². The molecule has 0 bridgehead atoms. The average Bonchev–Trinajstić information content (AvgIpc) is 2.89. The van der Waals surface area contributed by atoms with Crippen molar-refractivity contribution in [1.82, 2.24) is 15.1 Å². The summed E-state index contributed by atoms with van der Waals surface area (Å²) in [5.41, 5.74) is 2.68. The minimum Gasteiger partial charge on any atom is -0.316 e. The molecule has 0 atom stereocenters. The van der Waals surface area contributed by atoms with E-state index in [1.54, 1.807) is 0 Å². The molecule has 0 aliphatic heterocycles. The van der Waals surface area contributed by atoms with Gasteiger partial charge in [-0.25, -0.2) is 0 Å².